The second-order valence-electron chi connectivity index (χ2n) is 5.42. The number of rotatable bonds is 5. The summed E-state index contributed by atoms with van der Waals surface area (Å²) >= 11 is 1.22. The molecule has 0 aromatic carbocycles. The molecule has 0 saturated carbocycles. The number of Topliss-reactive ketones (excluding diaryl/α,β-unsaturated/α-hetero) is 1. The first-order chi connectivity index (χ1) is 10.5. The van der Waals surface area contributed by atoms with Gasteiger partial charge in [0.15, 0.2) is 5.78 Å². The summed E-state index contributed by atoms with van der Waals surface area (Å²) in [7, 11) is 1.63. The summed E-state index contributed by atoms with van der Waals surface area (Å²) < 4.78 is 0. The Morgan fingerprint density at radius 3 is 2.41 bits per heavy atom. The van der Waals surface area contributed by atoms with Crippen molar-refractivity contribution >= 4 is 28.9 Å². The van der Waals surface area contributed by atoms with Crippen LogP contribution in [0.3, 0.4) is 0 Å². The van der Waals surface area contributed by atoms with Gasteiger partial charge in [0, 0.05) is 26.2 Å². The molecular weight excluding hydrogens is 302 g/mol. The van der Waals surface area contributed by atoms with E-state index in [-0.39, 0.29) is 23.6 Å². The third-order valence-corrected chi connectivity index (χ3v) is 4.93. The van der Waals surface area contributed by atoms with Gasteiger partial charge >= 0.3 is 0 Å². The third-order valence-electron chi connectivity index (χ3n) is 3.75. The summed E-state index contributed by atoms with van der Waals surface area (Å²) in [5.74, 6) is -0.133. The van der Waals surface area contributed by atoms with Crippen LogP contribution >= 0.6 is 11.3 Å². The molecule has 1 aliphatic rings. The molecule has 0 atom stereocenters. The molecule has 1 aliphatic heterocycles. The molecule has 120 valence electrons. The number of piperidine rings is 1. The fourth-order valence-electron chi connectivity index (χ4n) is 2.42. The standard InChI is InChI=1S/C15H21N3O3S/c1-10(19)12-3-4-13(22-12)15(21)17-11-5-7-18(8-6-11)9-14(20)16-2/h3-4,11H,5-9H2,1-2H3,(H,16,20)(H,17,21). The lowest BCUT2D eigenvalue weighted by Crippen LogP contribution is -2.47. The number of amides is 2. The molecule has 1 fully saturated rings. The minimum Gasteiger partial charge on any atom is -0.358 e. The van der Waals surface area contributed by atoms with Crippen molar-refractivity contribution < 1.29 is 14.4 Å². The Morgan fingerprint density at radius 1 is 1.23 bits per heavy atom. The van der Waals surface area contributed by atoms with E-state index in [4.69, 9.17) is 0 Å². The maximum absolute atomic E-state index is 12.2. The highest BCUT2D eigenvalue weighted by atomic mass is 32.1. The Labute approximate surface area is 133 Å². The molecule has 0 bridgehead atoms. The van der Waals surface area contributed by atoms with Crippen LogP contribution < -0.4 is 10.6 Å². The summed E-state index contributed by atoms with van der Waals surface area (Å²) in [6.45, 7) is 3.49. The fraction of sp³-hybridized carbons (Fsp3) is 0.533. The van der Waals surface area contributed by atoms with Crippen molar-refractivity contribution in [2.24, 2.45) is 0 Å². The molecule has 2 amide bonds. The molecule has 22 heavy (non-hydrogen) atoms. The highest BCUT2D eigenvalue weighted by molar-refractivity contribution is 7.15. The highest BCUT2D eigenvalue weighted by Gasteiger charge is 2.22. The zero-order valence-corrected chi connectivity index (χ0v) is 13.7. The molecule has 0 radical (unpaired) electrons. The molecule has 2 heterocycles. The largest absolute Gasteiger partial charge is 0.358 e. The lowest BCUT2D eigenvalue weighted by atomic mass is 10.0. The first-order valence-corrected chi connectivity index (χ1v) is 8.16. The van der Waals surface area contributed by atoms with Crippen LogP contribution in [-0.2, 0) is 4.79 Å². The molecule has 0 aliphatic carbocycles. The smallest absolute Gasteiger partial charge is 0.261 e. The maximum atomic E-state index is 12.2. The molecule has 6 nitrogen and oxygen atoms in total. The molecular formula is C15H21N3O3S. The van der Waals surface area contributed by atoms with Gasteiger partial charge in [0.1, 0.15) is 0 Å². The van der Waals surface area contributed by atoms with Gasteiger partial charge in [-0.05, 0) is 31.9 Å². The van der Waals surface area contributed by atoms with Crippen molar-refractivity contribution in [2.75, 3.05) is 26.7 Å². The monoisotopic (exact) mass is 323 g/mol. The Kier molecular flexibility index (Phi) is 5.68. The molecule has 0 unspecified atom stereocenters. The van der Waals surface area contributed by atoms with Crippen molar-refractivity contribution in [1.29, 1.82) is 0 Å². The predicted molar refractivity (Wildman–Crippen MR) is 85.3 cm³/mol. The van der Waals surface area contributed by atoms with Gasteiger partial charge < -0.3 is 10.6 Å². The van der Waals surface area contributed by atoms with E-state index in [1.54, 1.807) is 19.2 Å². The number of carbonyl (C=O) groups excluding carboxylic acids is 3. The van der Waals surface area contributed by atoms with Crippen molar-refractivity contribution in [3.63, 3.8) is 0 Å². The lowest BCUT2D eigenvalue weighted by Gasteiger charge is -2.31. The Balaban J connectivity index is 1.81. The fourth-order valence-corrected chi connectivity index (χ4v) is 3.23. The second-order valence-corrected chi connectivity index (χ2v) is 6.50. The first-order valence-electron chi connectivity index (χ1n) is 7.34. The summed E-state index contributed by atoms with van der Waals surface area (Å²) in [6.07, 6.45) is 1.65. The Bertz CT molecular complexity index is 562. The molecule has 2 N–H and O–H groups in total. The molecule has 1 aromatic rings. The number of carbonyl (C=O) groups is 3. The molecule has 0 spiro atoms. The SMILES string of the molecule is CNC(=O)CN1CCC(NC(=O)c2ccc(C(C)=O)s2)CC1. The summed E-state index contributed by atoms with van der Waals surface area (Å²) in [6, 6.07) is 3.50. The number of ketones is 1. The Morgan fingerprint density at radius 2 is 1.86 bits per heavy atom. The van der Waals surface area contributed by atoms with Gasteiger partial charge in [-0.25, -0.2) is 0 Å². The van der Waals surface area contributed by atoms with Gasteiger partial charge in [-0.1, -0.05) is 0 Å². The van der Waals surface area contributed by atoms with Gasteiger partial charge in [0.2, 0.25) is 5.91 Å². The van der Waals surface area contributed by atoms with E-state index >= 15 is 0 Å². The first kappa shape index (κ1) is 16.6. The van der Waals surface area contributed by atoms with E-state index in [1.165, 1.54) is 18.3 Å². The van der Waals surface area contributed by atoms with Crippen molar-refractivity contribution in [3.05, 3.63) is 21.9 Å². The van der Waals surface area contributed by atoms with E-state index in [0.717, 1.165) is 25.9 Å². The highest BCUT2D eigenvalue weighted by Crippen LogP contribution is 2.18. The Hall–Kier alpha value is -1.73. The number of thiophene rings is 1. The number of hydrogen-bond acceptors (Lipinski definition) is 5. The lowest BCUT2D eigenvalue weighted by molar-refractivity contribution is -0.122. The zero-order chi connectivity index (χ0) is 16.1. The summed E-state index contributed by atoms with van der Waals surface area (Å²) in [5, 5.41) is 5.62. The van der Waals surface area contributed by atoms with Gasteiger partial charge in [0.05, 0.1) is 16.3 Å². The van der Waals surface area contributed by atoms with Gasteiger partial charge in [-0.15, -0.1) is 11.3 Å². The van der Waals surface area contributed by atoms with Crippen LogP contribution in [0.5, 0.6) is 0 Å². The molecule has 7 heteroatoms. The molecule has 1 saturated heterocycles. The van der Waals surface area contributed by atoms with Crippen LogP contribution in [0.25, 0.3) is 0 Å². The minimum atomic E-state index is -0.123. The number of likely N-dealkylation sites (N-methyl/N-ethyl adjacent to an activating group) is 1. The van der Waals surface area contributed by atoms with E-state index in [0.29, 0.717) is 16.3 Å². The van der Waals surface area contributed by atoms with Gasteiger partial charge in [0.25, 0.3) is 5.91 Å². The minimum absolute atomic E-state index is 0.0119. The van der Waals surface area contributed by atoms with Crippen LogP contribution in [0, 0.1) is 0 Å². The van der Waals surface area contributed by atoms with Crippen LogP contribution in [0.4, 0.5) is 0 Å². The topological polar surface area (TPSA) is 78.5 Å². The van der Waals surface area contributed by atoms with Crippen molar-refractivity contribution in [3.8, 4) is 0 Å². The average Bonchev–Trinajstić information content (AvgIpc) is 2.99. The zero-order valence-electron chi connectivity index (χ0n) is 12.8. The van der Waals surface area contributed by atoms with E-state index in [1.807, 2.05) is 0 Å². The van der Waals surface area contributed by atoms with E-state index in [2.05, 4.69) is 15.5 Å². The maximum Gasteiger partial charge on any atom is 0.261 e. The van der Waals surface area contributed by atoms with E-state index < -0.39 is 0 Å². The van der Waals surface area contributed by atoms with Crippen LogP contribution in [0.2, 0.25) is 0 Å². The van der Waals surface area contributed by atoms with Crippen molar-refractivity contribution in [1.82, 2.24) is 15.5 Å². The van der Waals surface area contributed by atoms with Crippen molar-refractivity contribution in [2.45, 2.75) is 25.8 Å². The van der Waals surface area contributed by atoms with Gasteiger partial charge in [-0.2, -0.15) is 0 Å². The van der Waals surface area contributed by atoms with Crippen LogP contribution in [0.1, 0.15) is 39.1 Å². The van der Waals surface area contributed by atoms with E-state index in [9.17, 15) is 14.4 Å². The number of nitrogens with one attached hydrogen (secondary N) is 2. The van der Waals surface area contributed by atoms with Crippen LogP contribution in [0.15, 0.2) is 12.1 Å². The molecule has 1 aromatic heterocycles. The third kappa shape index (κ3) is 4.38. The predicted octanol–water partition coefficient (Wildman–Crippen LogP) is 0.891. The number of nitrogens with zero attached hydrogens (tertiary/aromatic N) is 1. The quantitative estimate of drug-likeness (QED) is 0.789. The van der Waals surface area contributed by atoms with Crippen LogP contribution in [-0.4, -0.2) is 55.2 Å². The summed E-state index contributed by atoms with van der Waals surface area (Å²) in [4.78, 5) is 38.0. The van der Waals surface area contributed by atoms with Gasteiger partial charge in [-0.3, -0.25) is 19.3 Å². The number of likely N-dealkylation sites (tertiary alicyclic amines) is 1. The average molecular weight is 323 g/mol. The number of hydrogen-bond donors (Lipinski definition) is 2. The summed E-state index contributed by atoms with van der Waals surface area (Å²) in [5.41, 5.74) is 0. The normalized spacial score (nSPS) is 16.3. The molecule has 2 rings (SSSR count). The second kappa shape index (κ2) is 7.51.